The molecule has 26 heavy (non-hydrogen) atoms. The molecule has 0 fully saturated rings. The van der Waals surface area contributed by atoms with Crippen LogP contribution in [-0.4, -0.2) is 37.0 Å². The number of nitrogens with one attached hydrogen (secondary N) is 2. The minimum atomic E-state index is -0.975. The maximum Gasteiger partial charge on any atom is 0.328 e. The highest BCUT2D eigenvalue weighted by Crippen LogP contribution is 2.08. The number of halogens is 1. The number of hydrogen-bond acceptors (Lipinski definition) is 5. The average Bonchev–Trinajstić information content (AvgIpc) is 2.59. The maximum absolute atomic E-state index is 13.3. The Morgan fingerprint density at radius 3 is 2.58 bits per heavy atom. The maximum atomic E-state index is 13.3. The molecule has 2 amide bonds. The quantitative estimate of drug-likeness (QED) is 0.507. The third kappa shape index (κ3) is 7.30. The Hall–Kier alpha value is -2.95. The van der Waals surface area contributed by atoms with Crippen LogP contribution in [0.15, 0.2) is 24.3 Å². The van der Waals surface area contributed by atoms with Gasteiger partial charge in [0.05, 0.1) is 13.2 Å². The third-order valence-electron chi connectivity index (χ3n) is 3.61. The Bertz CT molecular complexity index is 687. The zero-order valence-electron chi connectivity index (χ0n) is 14.8. The van der Waals surface area contributed by atoms with Crippen molar-refractivity contribution in [3.8, 4) is 6.07 Å². The van der Waals surface area contributed by atoms with Gasteiger partial charge in [-0.05, 0) is 30.5 Å². The summed E-state index contributed by atoms with van der Waals surface area (Å²) >= 11 is 0. The second-order valence-corrected chi connectivity index (χ2v) is 5.72. The van der Waals surface area contributed by atoms with E-state index in [2.05, 4.69) is 15.4 Å². The number of unbranched alkanes of at least 4 members (excludes halogenated alkanes) is 1. The molecule has 0 radical (unpaired) electrons. The van der Waals surface area contributed by atoms with Gasteiger partial charge in [0.15, 0.2) is 0 Å². The number of nitrogens with zero attached hydrogens (tertiary/aromatic N) is 1. The van der Waals surface area contributed by atoms with Gasteiger partial charge in [0.25, 0.3) is 0 Å². The van der Waals surface area contributed by atoms with Gasteiger partial charge in [-0.2, -0.15) is 5.26 Å². The molecular formula is C18H22FN3O4. The molecule has 0 aromatic heterocycles. The number of amides is 2. The Balaban J connectivity index is 2.86. The molecule has 0 bridgehead atoms. The summed E-state index contributed by atoms with van der Waals surface area (Å²) < 4.78 is 18.0. The van der Waals surface area contributed by atoms with Gasteiger partial charge in [-0.1, -0.05) is 12.1 Å². The number of benzene rings is 1. The zero-order chi connectivity index (χ0) is 19.5. The van der Waals surface area contributed by atoms with Crippen LogP contribution in [0.25, 0.3) is 0 Å². The number of hydrogen-bond donors (Lipinski definition) is 2. The van der Waals surface area contributed by atoms with Crippen molar-refractivity contribution in [2.24, 2.45) is 0 Å². The SMILES string of the molecule is COC(=O)[C@@H](CCCC#N)NC(=O)[C@H](Cc1cccc(F)c1)NC(C)=O. The van der Waals surface area contributed by atoms with Gasteiger partial charge in [0.2, 0.25) is 11.8 Å². The highest BCUT2D eigenvalue weighted by atomic mass is 19.1. The van der Waals surface area contributed by atoms with E-state index in [9.17, 15) is 18.8 Å². The summed E-state index contributed by atoms with van der Waals surface area (Å²) in [5.74, 6) is -2.10. The van der Waals surface area contributed by atoms with E-state index >= 15 is 0 Å². The van der Waals surface area contributed by atoms with Crippen LogP contribution >= 0.6 is 0 Å². The zero-order valence-corrected chi connectivity index (χ0v) is 14.8. The molecule has 0 aliphatic rings. The summed E-state index contributed by atoms with van der Waals surface area (Å²) in [6.07, 6.45) is 0.945. The lowest BCUT2D eigenvalue weighted by Crippen LogP contribution is -2.52. The second kappa shape index (κ2) is 10.8. The summed E-state index contributed by atoms with van der Waals surface area (Å²) in [5, 5.41) is 13.6. The van der Waals surface area contributed by atoms with Gasteiger partial charge in [-0.25, -0.2) is 9.18 Å². The van der Waals surface area contributed by atoms with Crippen molar-refractivity contribution in [3.05, 3.63) is 35.6 Å². The van der Waals surface area contributed by atoms with E-state index < -0.39 is 35.7 Å². The molecule has 2 atom stereocenters. The van der Waals surface area contributed by atoms with Gasteiger partial charge in [-0.15, -0.1) is 0 Å². The van der Waals surface area contributed by atoms with Gasteiger partial charge in [0.1, 0.15) is 17.9 Å². The van der Waals surface area contributed by atoms with Crippen molar-refractivity contribution in [1.82, 2.24) is 10.6 Å². The molecule has 1 aromatic rings. The van der Waals surface area contributed by atoms with Crippen molar-refractivity contribution in [2.45, 2.75) is 44.7 Å². The molecule has 2 N–H and O–H groups in total. The number of carbonyl (C=O) groups is 3. The van der Waals surface area contributed by atoms with Crippen molar-refractivity contribution in [2.75, 3.05) is 7.11 Å². The van der Waals surface area contributed by atoms with E-state index in [0.717, 1.165) is 0 Å². The monoisotopic (exact) mass is 363 g/mol. The molecule has 0 saturated heterocycles. The average molecular weight is 363 g/mol. The fourth-order valence-electron chi connectivity index (χ4n) is 2.40. The lowest BCUT2D eigenvalue weighted by atomic mass is 10.0. The fraction of sp³-hybridized carbons (Fsp3) is 0.444. The lowest BCUT2D eigenvalue weighted by Gasteiger charge is -2.22. The first-order valence-electron chi connectivity index (χ1n) is 8.14. The fourth-order valence-corrected chi connectivity index (χ4v) is 2.40. The molecule has 1 aromatic carbocycles. The first kappa shape index (κ1) is 21.1. The number of rotatable bonds is 9. The van der Waals surface area contributed by atoms with E-state index in [1.165, 1.54) is 32.2 Å². The van der Waals surface area contributed by atoms with Crippen LogP contribution in [0.4, 0.5) is 4.39 Å². The van der Waals surface area contributed by atoms with Gasteiger partial charge < -0.3 is 15.4 Å². The van der Waals surface area contributed by atoms with Crippen molar-refractivity contribution in [3.63, 3.8) is 0 Å². The van der Waals surface area contributed by atoms with Crippen LogP contribution in [0, 0.1) is 17.1 Å². The Labute approximate surface area is 151 Å². The number of nitriles is 1. The number of carbonyl (C=O) groups excluding carboxylic acids is 3. The highest BCUT2D eigenvalue weighted by molar-refractivity contribution is 5.90. The molecule has 0 spiro atoms. The number of ether oxygens (including phenoxy) is 1. The molecule has 0 unspecified atom stereocenters. The van der Waals surface area contributed by atoms with E-state index in [-0.39, 0.29) is 19.3 Å². The summed E-state index contributed by atoms with van der Waals surface area (Å²) in [6, 6.07) is 5.75. The second-order valence-electron chi connectivity index (χ2n) is 5.72. The van der Waals surface area contributed by atoms with Crippen LogP contribution in [0.1, 0.15) is 31.7 Å². The summed E-state index contributed by atoms with van der Waals surface area (Å²) in [6.45, 7) is 1.26. The normalized spacial score (nSPS) is 12.4. The van der Waals surface area contributed by atoms with E-state index in [1.807, 2.05) is 6.07 Å². The van der Waals surface area contributed by atoms with Crippen LogP contribution in [0.2, 0.25) is 0 Å². The molecule has 0 aliphatic heterocycles. The molecule has 1 rings (SSSR count). The van der Waals surface area contributed by atoms with E-state index in [0.29, 0.717) is 12.0 Å². The topological polar surface area (TPSA) is 108 Å². The van der Waals surface area contributed by atoms with Gasteiger partial charge in [0, 0.05) is 19.8 Å². The predicted octanol–water partition coefficient (Wildman–Crippen LogP) is 1.22. The Morgan fingerprint density at radius 1 is 1.27 bits per heavy atom. The first-order valence-corrected chi connectivity index (χ1v) is 8.14. The number of esters is 1. The highest BCUT2D eigenvalue weighted by Gasteiger charge is 2.26. The lowest BCUT2D eigenvalue weighted by molar-refractivity contribution is -0.145. The van der Waals surface area contributed by atoms with Crippen LogP contribution in [0.5, 0.6) is 0 Å². The number of methoxy groups -OCH3 is 1. The van der Waals surface area contributed by atoms with Crippen LogP contribution in [0.3, 0.4) is 0 Å². The predicted molar refractivity (Wildman–Crippen MR) is 91.1 cm³/mol. The van der Waals surface area contributed by atoms with Gasteiger partial charge >= 0.3 is 5.97 Å². The van der Waals surface area contributed by atoms with Crippen molar-refractivity contribution in [1.29, 1.82) is 5.26 Å². The standard InChI is InChI=1S/C18H22FN3O4/c1-12(23)21-16(11-13-6-5-7-14(19)10-13)17(24)22-15(18(25)26-2)8-3-4-9-20/h5-7,10,15-16H,3-4,8,11H2,1-2H3,(H,21,23)(H,22,24)/t15-,16+/m1/s1. The van der Waals surface area contributed by atoms with E-state index in [1.54, 1.807) is 6.07 Å². The largest absolute Gasteiger partial charge is 0.467 e. The van der Waals surface area contributed by atoms with Crippen LogP contribution in [-0.2, 0) is 25.5 Å². The molecule has 0 aliphatic carbocycles. The minimum absolute atomic E-state index is 0.0647. The molecule has 7 nitrogen and oxygen atoms in total. The van der Waals surface area contributed by atoms with Crippen molar-refractivity contribution >= 4 is 17.8 Å². The molecular weight excluding hydrogens is 341 g/mol. The smallest absolute Gasteiger partial charge is 0.328 e. The first-order chi connectivity index (χ1) is 12.4. The molecule has 0 heterocycles. The van der Waals surface area contributed by atoms with Crippen LogP contribution < -0.4 is 10.6 Å². The van der Waals surface area contributed by atoms with Gasteiger partial charge in [-0.3, -0.25) is 9.59 Å². The molecule has 8 heteroatoms. The van der Waals surface area contributed by atoms with E-state index in [4.69, 9.17) is 5.26 Å². The summed E-state index contributed by atoms with van der Waals surface area (Å²) in [7, 11) is 1.20. The summed E-state index contributed by atoms with van der Waals surface area (Å²) in [4.78, 5) is 35.8. The Morgan fingerprint density at radius 2 is 2.00 bits per heavy atom. The molecule has 0 saturated carbocycles. The Kier molecular flexibility index (Phi) is 8.78. The third-order valence-corrected chi connectivity index (χ3v) is 3.61. The summed E-state index contributed by atoms with van der Waals surface area (Å²) in [5.41, 5.74) is 0.526. The molecule has 140 valence electrons. The van der Waals surface area contributed by atoms with Crippen molar-refractivity contribution < 1.29 is 23.5 Å². The minimum Gasteiger partial charge on any atom is -0.467 e.